The molecule has 0 saturated carbocycles. The zero-order valence-electron chi connectivity index (χ0n) is 15.9. The van der Waals surface area contributed by atoms with Gasteiger partial charge in [-0.1, -0.05) is 36.4 Å². The van der Waals surface area contributed by atoms with Gasteiger partial charge in [0.15, 0.2) is 0 Å². The number of aromatic nitrogens is 1. The van der Waals surface area contributed by atoms with E-state index in [1.165, 1.54) is 16.7 Å². The van der Waals surface area contributed by atoms with Crippen LogP contribution in [0.25, 0.3) is 11.6 Å². The Morgan fingerprint density at radius 2 is 1.93 bits per heavy atom. The highest BCUT2D eigenvalue weighted by Gasteiger charge is 2.35. The molecule has 1 aromatic heterocycles. The lowest BCUT2D eigenvalue weighted by Crippen LogP contribution is -2.44. The number of pyridine rings is 1. The summed E-state index contributed by atoms with van der Waals surface area (Å²) in [6.45, 7) is 3.82. The first kappa shape index (κ1) is 18.4. The topological polar surface area (TPSA) is 56.6 Å². The van der Waals surface area contributed by atoms with Gasteiger partial charge in [-0.3, -0.25) is 4.98 Å². The van der Waals surface area contributed by atoms with Crippen molar-refractivity contribution in [3.05, 3.63) is 65.0 Å². The maximum absolute atomic E-state index is 9.91. The van der Waals surface area contributed by atoms with E-state index in [1.54, 1.807) is 0 Å². The van der Waals surface area contributed by atoms with Crippen LogP contribution in [-0.4, -0.2) is 46.7 Å². The van der Waals surface area contributed by atoms with E-state index in [2.05, 4.69) is 41.2 Å². The second-order valence-electron chi connectivity index (χ2n) is 7.69. The summed E-state index contributed by atoms with van der Waals surface area (Å²) in [5.41, 5.74) is 6.04. The van der Waals surface area contributed by atoms with Crippen molar-refractivity contribution < 1.29 is 10.1 Å². The first-order valence-corrected chi connectivity index (χ1v) is 9.97. The highest BCUT2D eigenvalue weighted by molar-refractivity contribution is 6.45. The number of aliphatic hydroxyl groups is 1. The Labute approximate surface area is 161 Å². The fraction of sp³-hybridized carbons (Fsp3) is 0.409. The standard InChI is InChI=1S/C22H27BN2O2/c1-23(27)25-12-8-16(9-13-25)21-19-6-3-2-5-17(19)15-18(10-14-26)20-7-4-11-24-22(20)21/h2-7,11,15-16,21,26-27H,8-10,12-14H2,1H3. The van der Waals surface area contributed by atoms with Crippen molar-refractivity contribution in [3.8, 4) is 0 Å². The molecule has 27 heavy (non-hydrogen) atoms. The lowest BCUT2D eigenvalue weighted by atomic mass is 9.73. The molecule has 1 aliphatic heterocycles. The van der Waals surface area contributed by atoms with Crippen molar-refractivity contribution in [2.45, 2.75) is 32.0 Å². The minimum absolute atomic E-state index is 0.139. The van der Waals surface area contributed by atoms with Gasteiger partial charge in [-0.2, -0.15) is 0 Å². The number of rotatable bonds is 4. The maximum atomic E-state index is 9.91. The monoisotopic (exact) mass is 362 g/mol. The van der Waals surface area contributed by atoms with Crippen LogP contribution in [0.3, 0.4) is 0 Å². The molecule has 1 aliphatic carbocycles. The zero-order valence-corrected chi connectivity index (χ0v) is 15.9. The van der Waals surface area contributed by atoms with Crippen molar-refractivity contribution in [2.24, 2.45) is 5.92 Å². The fourth-order valence-electron chi connectivity index (χ4n) is 4.71. The van der Waals surface area contributed by atoms with E-state index in [9.17, 15) is 10.1 Å². The van der Waals surface area contributed by atoms with Crippen LogP contribution < -0.4 is 0 Å². The number of fused-ring (bicyclic) bond motifs is 2. The maximum Gasteiger partial charge on any atom is 0.376 e. The number of piperidine rings is 1. The third kappa shape index (κ3) is 3.59. The lowest BCUT2D eigenvalue weighted by molar-refractivity contribution is 0.235. The molecule has 0 spiro atoms. The van der Waals surface area contributed by atoms with E-state index < -0.39 is 0 Å². The molecule has 1 atom stereocenters. The summed E-state index contributed by atoms with van der Waals surface area (Å²) in [6.07, 6.45) is 6.86. The van der Waals surface area contributed by atoms with Crippen molar-refractivity contribution in [2.75, 3.05) is 19.7 Å². The first-order chi connectivity index (χ1) is 13.2. The molecular weight excluding hydrogens is 335 g/mol. The van der Waals surface area contributed by atoms with Gasteiger partial charge in [-0.15, -0.1) is 0 Å². The molecule has 1 aromatic carbocycles. The Hall–Kier alpha value is -1.95. The summed E-state index contributed by atoms with van der Waals surface area (Å²) >= 11 is 0. The molecule has 5 heteroatoms. The predicted molar refractivity (Wildman–Crippen MR) is 110 cm³/mol. The highest BCUT2D eigenvalue weighted by Crippen LogP contribution is 2.44. The minimum atomic E-state index is -0.379. The number of benzene rings is 1. The van der Waals surface area contributed by atoms with Crippen molar-refractivity contribution in [1.82, 2.24) is 9.79 Å². The molecule has 2 aromatic rings. The molecule has 4 nitrogen and oxygen atoms in total. The summed E-state index contributed by atoms with van der Waals surface area (Å²) in [6, 6.07) is 12.8. The molecule has 140 valence electrons. The van der Waals surface area contributed by atoms with Gasteiger partial charge in [0.1, 0.15) is 0 Å². The molecule has 1 fully saturated rings. The second kappa shape index (κ2) is 7.97. The Morgan fingerprint density at radius 1 is 1.15 bits per heavy atom. The Bertz CT molecular complexity index is 829. The van der Waals surface area contributed by atoms with E-state index in [0.29, 0.717) is 12.3 Å². The molecule has 1 saturated heterocycles. The molecule has 4 rings (SSSR count). The molecule has 0 radical (unpaired) electrons. The number of hydrogen-bond donors (Lipinski definition) is 2. The molecule has 0 amide bonds. The molecule has 2 heterocycles. The first-order valence-electron chi connectivity index (χ1n) is 9.97. The largest absolute Gasteiger partial charge is 0.437 e. The average molecular weight is 362 g/mol. The normalized spacial score (nSPS) is 20.4. The van der Waals surface area contributed by atoms with Gasteiger partial charge in [0.25, 0.3) is 0 Å². The summed E-state index contributed by atoms with van der Waals surface area (Å²) in [5, 5.41) is 19.5. The van der Waals surface area contributed by atoms with E-state index in [-0.39, 0.29) is 19.6 Å². The lowest BCUT2D eigenvalue weighted by Gasteiger charge is -2.37. The Balaban J connectivity index is 1.78. The fourth-order valence-corrected chi connectivity index (χ4v) is 4.71. The van der Waals surface area contributed by atoms with Crippen LogP contribution in [0.2, 0.25) is 6.82 Å². The predicted octanol–water partition coefficient (Wildman–Crippen LogP) is 3.27. The third-order valence-electron chi connectivity index (χ3n) is 6.10. The summed E-state index contributed by atoms with van der Waals surface area (Å²) in [4.78, 5) is 6.98. The summed E-state index contributed by atoms with van der Waals surface area (Å²) < 4.78 is 0. The van der Waals surface area contributed by atoms with Crippen molar-refractivity contribution in [1.29, 1.82) is 0 Å². The highest BCUT2D eigenvalue weighted by atomic mass is 16.3. The Kier molecular flexibility index (Phi) is 5.44. The summed E-state index contributed by atoms with van der Waals surface area (Å²) in [5.74, 6) is 0.748. The van der Waals surface area contributed by atoms with Crippen LogP contribution in [0, 0.1) is 5.92 Å². The van der Waals surface area contributed by atoms with E-state index in [0.717, 1.165) is 37.2 Å². The van der Waals surface area contributed by atoms with Crippen LogP contribution in [0.4, 0.5) is 0 Å². The quantitative estimate of drug-likeness (QED) is 0.820. The number of aliphatic hydroxyl groups excluding tert-OH is 1. The average Bonchev–Trinajstić information content (AvgIpc) is 2.83. The van der Waals surface area contributed by atoms with Gasteiger partial charge in [-0.05, 0) is 73.4 Å². The minimum Gasteiger partial charge on any atom is -0.437 e. The molecule has 1 unspecified atom stereocenters. The van der Waals surface area contributed by atoms with Crippen LogP contribution in [0.15, 0.2) is 42.6 Å². The number of nitrogens with zero attached hydrogens (tertiary/aromatic N) is 2. The second-order valence-corrected chi connectivity index (χ2v) is 7.69. The number of hydrogen-bond acceptors (Lipinski definition) is 4. The molecule has 0 bridgehead atoms. The van der Waals surface area contributed by atoms with E-state index >= 15 is 0 Å². The third-order valence-corrected chi connectivity index (χ3v) is 6.10. The van der Waals surface area contributed by atoms with Crippen LogP contribution >= 0.6 is 0 Å². The van der Waals surface area contributed by atoms with Gasteiger partial charge in [0.2, 0.25) is 0 Å². The Morgan fingerprint density at radius 3 is 2.67 bits per heavy atom. The van der Waals surface area contributed by atoms with Crippen molar-refractivity contribution in [3.63, 3.8) is 0 Å². The summed E-state index contributed by atoms with van der Waals surface area (Å²) in [7, 11) is -0.379. The van der Waals surface area contributed by atoms with Crippen LogP contribution in [0.5, 0.6) is 0 Å². The molecular formula is C22H27BN2O2. The zero-order chi connectivity index (χ0) is 18.8. The smallest absolute Gasteiger partial charge is 0.376 e. The van der Waals surface area contributed by atoms with Crippen LogP contribution in [-0.2, 0) is 0 Å². The molecule has 2 aliphatic rings. The molecule has 2 N–H and O–H groups in total. The van der Waals surface area contributed by atoms with Gasteiger partial charge in [0, 0.05) is 18.7 Å². The van der Waals surface area contributed by atoms with E-state index in [1.807, 2.05) is 19.1 Å². The van der Waals surface area contributed by atoms with Gasteiger partial charge < -0.3 is 14.9 Å². The van der Waals surface area contributed by atoms with Crippen LogP contribution in [0.1, 0.15) is 47.6 Å². The SMILES string of the molecule is CB(O)N1CCC(C2c3ccccc3C=C(CCO)c3cccnc32)CC1. The van der Waals surface area contributed by atoms with Gasteiger partial charge in [0.05, 0.1) is 5.69 Å². The van der Waals surface area contributed by atoms with Gasteiger partial charge >= 0.3 is 7.05 Å². The van der Waals surface area contributed by atoms with E-state index in [4.69, 9.17) is 4.98 Å². The van der Waals surface area contributed by atoms with Crippen molar-refractivity contribution >= 4 is 18.7 Å². The van der Waals surface area contributed by atoms with Gasteiger partial charge in [-0.25, -0.2) is 0 Å².